The number of hydrogen-bond donors (Lipinski definition) is 1. The molecule has 5 heteroatoms. The van der Waals surface area contributed by atoms with Crippen LogP contribution in [0.15, 0.2) is 24.3 Å². The lowest BCUT2D eigenvalue weighted by atomic mass is 10.2. The van der Waals surface area contributed by atoms with Gasteiger partial charge in [-0.25, -0.2) is 9.97 Å². The topological polar surface area (TPSA) is 41.1 Å². The van der Waals surface area contributed by atoms with E-state index in [2.05, 4.69) is 20.2 Å². The fraction of sp³-hybridized carbons (Fsp3) is 0.467. The Bertz CT molecular complexity index is 581. The molecule has 1 aliphatic heterocycles. The molecule has 20 heavy (non-hydrogen) atoms. The van der Waals surface area contributed by atoms with Crippen molar-refractivity contribution in [3.63, 3.8) is 0 Å². The van der Waals surface area contributed by atoms with Gasteiger partial charge < -0.3 is 10.2 Å². The molecular weight excluding hydrogens is 272 g/mol. The van der Waals surface area contributed by atoms with Gasteiger partial charge in [0.1, 0.15) is 5.82 Å². The highest BCUT2D eigenvalue weighted by Crippen LogP contribution is 2.21. The SMILES string of the molecule is Clc1nc(NCCCN2CCCC2)c2ccccc2n1. The van der Waals surface area contributed by atoms with Crippen LogP contribution < -0.4 is 5.32 Å². The second-order valence-corrected chi connectivity index (χ2v) is 5.53. The van der Waals surface area contributed by atoms with Crippen molar-refractivity contribution in [3.8, 4) is 0 Å². The van der Waals surface area contributed by atoms with E-state index in [-0.39, 0.29) is 0 Å². The van der Waals surface area contributed by atoms with Crippen molar-refractivity contribution in [2.45, 2.75) is 19.3 Å². The van der Waals surface area contributed by atoms with Crippen LogP contribution in [-0.2, 0) is 0 Å². The molecule has 0 radical (unpaired) electrons. The first-order valence-corrected chi connectivity index (χ1v) is 7.59. The molecule has 0 aliphatic carbocycles. The maximum Gasteiger partial charge on any atom is 0.224 e. The van der Waals surface area contributed by atoms with Crippen molar-refractivity contribution >= 4 is 28.3 Å². The number of hydrogen-bond acceptors (Lipinski definition) is 4. The van der Waals surface area contributed by atoms with Crippen LogP contribution in [0, 0.1) is 0 Å². The van der Waals surface area contributed by atoms with E-state index in [4.69, 9.17) is 11.6 Å². The first-order chi connectivity index (χ1) is 9.83. The summed E-state index contributed by atoms with van der Waals surface area (Å²) in [6, 6.07) is 7.94. The van der Waals surface area contributed by atoms with Crippen molar-refractivity contribution < 1.29 is 0 Å². The monoisotopic (exact) mass is 290 g/mol. The van der Waals surface area contributed by atoms with Gasteiger partial charge in [-0.15, -0.1) is 0 Å². The van der Waals surface area contributed by atoms with Crippen molar-refractivity contribution in [1.82, 2.24) is 14.9 Å². The molecule has 0 amide bonds. The molecule has 1 saturated heterocycles. The first kappa shape index (κ1) is 13.6. The van der Waals surface area contributed by atoms with Gasteiger partial charge in [0.05, 0.1) is 5.52 Å². The summed E-state index contributed by atoms with van der Waals surface area (Å²) in [6.07, 6.45) is 3.81. The number of anilines is 1. The minimum Gasteiger partial charge on any atom is -0.369 e. The van der Waals surface area contributed by atoms with Gasteiger partial charge in [0.15, 0.2) is 0 Å². The number of aromatic nitrogens is 2. The van der Waals surface area contributed by atoms with E-state index in [1.54, 1.807) is 0 Å². The number of fused-ring (bicyclic) bond motifs is 1. The molecule has 2 heterocycles. The van der Waals surface area contributed by atoms with Gasteiger partial charge >= 0.3 is 0 Å². The van der Waals surface area contributed by atoms with Crippen LogP contribution in [0.1, 0.15) is 19.3 Å². The second kappa shape index (κ2) is 6.37. The van der Waals surface area contributed by atoms with E-state index >= 15 is 0 Å². The van der Waals surface area contributed by atoms with Crippen LogP contribution in [0.4, 0.5) is 5.82 Å². The minimum absolute atomic E-state index is 0.297. The fourth-order valence-electron chi connectivity index (χ4n) is 2.70. The Balaban J connectivity index is 1.61. The smallest absolute Gasteiger partial charge is 0.224 e. The van der Waals surface area contributed by atoms with Gasteiger partial charge in [0, 0.05) is 11.9 Å². The van der Waals surface area contributed by atoms with Gasteiger partial charge in [0.25, 0.3) is 0 Å². The summed E-state index contributed by atoms with van der Waals surface area (Å²) in [5, 5.41) is 4.71. The zero-order valence-corrected chi connectivity index (χ0v) is 12.2. The van der Waals surface area contributed by atoms with Crippen molar-refractivity contribution in [2.24, 2.45) is 0 Å². The first-order valence-electron chi connectivity index (χ1n) is 7.21. The van der Waals surface area contributed by atoms with Crippen molar-refractivity contribution in [2.75, 3.05) is 31.5 Å². The third kappa shape index (κ3) is 3.19. The molecule has 3 rings (SSSR count). The molecule has 2 aromatic rings. The summed E-state index contributed by atoms with van der Waals surface area (Å²) >= 11 is 5.97. The van der Waals surface area contributed by atoms with Crippen LogP contribution in [0.2, 0.25) is 5.28 Å². The number of para-hydroxylation sites is 1. The van der Waals surface area contributed by atoms with Crippen LogP contribution in [0.25, 0.3) is 10.9 Å². The fourth-order valence-corrected chi connectivity index (χ4v) is 2.87. The van der Waals surface area contributed by atoms with Gasteiger partial charge in [0.2, 0.25) is 5.28 Å². The molecule has 4 nitrogen and oxygen atoms in total. The standard InChI is InChI=1S/C15H19ClN4/c16-15-18-13-7-2-1-6-12(13)14(19-15)17-8-5-11-20-9-3-4-10-20/h1-2,6-7H,3-5,8-11H2,(H,17,18,19). The Morgan fingerprint density at radius 2 is 1.95 bits per heavy atom. The highest BCUT2D eigenvalue weighted by atomic mass is 35.5. The zero-order chi connectivity index (χ0) is 13.8. The summed E-state index contributed by atoms with van der Waals surface area (Å²) in [5.41, 5.74) is 0.884. The molecule has 0 atom stereocenters. The molecule has 0 unspecified atom stereocenters. The number of rotatable bonds is 5. The van der Waals surface area contributed by atoms with E-state index in [0.29, 0.717) is 5.28 Å². The van der Waals surface area contributed by atoms with Crippen LogP contribution in [0.5, 0.6) is 0 Å². The molecular formula is C15H19ClN4. The average Bonchev–Trinajstić information content (AvgIpc) is 2.96. The molecule has 1 fully saturated rings. The Morgan fingerprint density at radius 1 is 1.15 bits per heavy atom. The van der Waals surface area contributed by atoms with Gasteiger partial charge in [-0.2, -0.15) is 0 Å². The lowest BCUT2D eigenvalue weighted by Gasteiger charge is -2.15. The van der Waals surface area contributed by atoms with Crippen molar-refractivity contribution in [1.29, 1.82) is 0 Å². The van der Waals surface area contributed by atoms with Crippen LogP contribution in [-0.4, -0.2) is 41.0 Å². The van der Waals surface area contributed by atoms with Crippen LogP contribution >= 0.6 is 11.6 Å². The Labute approximate surface area is 124 Å². The number of nitrogens with zero attached hydrogens (tertiary/aromatic N) is 3. The van der Waals surface area contributed by atoms with Gasteiger partial charge in [-0.1, -0.05) is 12.1 Å². The summed E-state index contributed by atoms with van der Waals surface area (Å²) in [6.45, 7) is 4.57. The summed E-state index contributed by atoms with van der Waals surface area (Å²) in [7, 11) is 0. The normalized spacial score (nSPS) is 15.8. The zero-order valence-electron chi connectivity index (χ0n) is 11.5. The van der Waals surface area contributed by atoms with E-state index in [9.17, 15) is 0 Å². The molecule has 1 aliphatic rings. The van der Waals surface area contributed by atoms with Crippen molar-refractivity contribution in [3.05, 3.63) is 29.5 Å². The Morgan fingerprint density at radius 3 is 2.80 bits per heavy atom. The molecule has 0 saturated carbocycles. The minimum atomic E-state index is 0.297. The number of halogens is 1. The molecule has 1 aromatic carbocycles. The average molecular weight is 291 g/mol. The molecule has 106 valence electrons. The van der Waals surface area contributed by atoms with E-state index in [1.165, 1.54) is 25.9 Å². The predicted octanol–water partition coefficient (Wildman–Crippen LogP) is 3.18. The summed E-state index contributed by atoms with van der Waals surface area (Å²) < 4.78 is 0. The van der Waals surface area contributed by atoms with E-state index < -0.39 is 0 Å². The predicted molar refractivity (Wildman–Crippen MR) is 83.3 cm³/mol. The third-order valence-corrected chi connectivity index (χ3v) is 3.89. The highest BCUT2D eigenvalue weighted by Gasteiger charge is 2.10. The quantitative estimate of drug-likeness (QED) is 0.678. The third-order valence-electron chi connectivity index (χ3n) is 3.72. The highest BCUT2D eigenvalue weighted by molar-refractivity contribution is 6.28. The van der Waals surface area contributed by atoms with Gasteiger partial charge in [-0.3, -0.25) is 0 Å². The Kier molecular flexibility index (Phi) is 4.33. The number of likely N-dealkylation sites (tertiary alicyclic amines) is 1. The van der Waals surface area contributed by atoms with Crippen LogP contribution in [0.3, 0.4) is 0 Å². The van der Waals surface area contributed by atoms with E-state index in [0.717, 1.165) is 36.2 Å². The molecule has 1 N–H and O–H groups in total. The molecule has 0 bridgehead atoms. The lowest BCUT2D eigenvalue weighted by Crippen LogP contribution is -2.22. The molecule has 0 spiro atoms. The maximum absolute atomic E-state index is 5.97. The largest absolute Gasteiger partial charge is 0.369 e. The Hall–Kier alpha value is -1.39. The lowest BCUT2D eigenvalue weighted by molar-refractivity contribution is 0.337. The van der Waals surface area contributed by atoms with E-state index in [1.807, 2.05) is 24.3 Å². The maximum atomic E-state index is 5.97. The number of nitrogens with one attached hydrogen (secondary N) is 1. The summed E-state index contributed by atoms with van der Waals surface area (Å²) in [4.78, 5) is 11.1. The second-order valence-electron chi connectivity index (χ2n) is 5.19. The number of benzene rings is 1. The molecule has 1 aromatic heterocycles. The van der Waals surface area contributed by atoms with Gasteiger partial charge in [-0.05, 0) is 62.6 Å². The summed E-state index contributed by atoms with van der Waals surface area (Å²) in [5.74, 6) is 0.835.